The Balaban J connectivity index is 3.06. The second-order valence-electron chi connectivity index (χ2n) is 6.07. The topological polar surface area (TPSA) is 20.5 Å². The molecule has 2 heteroatoms. The maximum absolute atomic E-state index is 5.61. The highest BCUT2D eigenvalue weighted by Gasteiger charge is 2.30. The van der Waals surface area contributed by atoms with Crippen molar-refractivity contribution in [1.29, 1.82) is 0 Å². The lowest BCUT2D eigenvalue weighted by molar-refractivity contribution is -0.492. The Kier molecular flexibility index (Phi) is 2.90. The lowest BCUT2D eigenvalue weighted by Crippen LogP contribution is -2.28. The van der Waals surface area contributed by atoms with Gasteiger partial charge in [-0.1, -0.05) is 41.5 Å². The van der Waals surface area contributed by atoms with Crippen molar-refractivity contribution >= 4 is 5.78 Å². The van der Waals surface area contributed by atoms with E-state index in [0.717, 1.165) is 11.5 Å². The van der Waals surface area contributed by atoms with E-state index in [9.17, 15) is 0 Å². The highest BCUT2D eigenvalue weighted by molar-refractivity contribution is 5.95. The summed E-state index contributed by atoms with van der Waals surface area (Å²) in [7, 11) is 0. The summed E-state index contributed by atoms with van der Waals surface area (Å²) in [6.45, 7) is 14.7. The van der Waals surface area contributed by atoms with Crippen molar-refractivity contribution in [2.75, 3.05) is 0 Å². The molecule has 0 aromatic rings. The zero-order chi connectivity index (χ0) is 11.9. The van der Waals surface area contributed by atoms with Crippen molar-refractivity contribution < 1.29 is 9.16 Å². The largest absolute Gasteiger partial charge is 0.478 e. The van der Waals surface area contributed by atoms with Crippen molar-refractivity contribution in [3.8, 4) is 0 Å². The molecule has 1 heterocycles. The molecule has 0 saturated carbocycles. The van der Waals surface area contributed by atoms with E-state index in [1.807, 2.05) is 13.0 Å². The van der Waals surface area contributed by atoms with Crippen LogP contribution in [0.1, 0.15) is 48.5 Å². The minimum absolute atomic E-state index is 0.0154. The van der Waals surface area contributed by atoms with E-state index in [0.29, 0.717) is 6.29 Å². The van der Waals surface area contributed by atoms with Crippen LogP contribution in [0.5, 0.6) is 0 Å². The third-order valence-electron chi connectivity index (χ3n) is 2.25. The SMILES string of the molecule is C[C-]1OC(C(C)(C)C)=CC(C(C)(C)C)=[O+]1. The van der Waals surface area contributed by atoms with E-state index in [1.54, 1.807) is 0 Å². The van der Waals surface area contributed by atoms with Crippen LogP contribution in [0.4, 0.5) is 0 Å². The predicted octanol–water partition coefficient (Wildman–Crippen LogP) is 3.61. The van der Waals surface area contributed by atoms with Crippen LogP contribution in [-0.4, -0.2) is 5.78 Å². The second kappa shape index (κ2) is 3.58. The summed E-state index contributed by atoms with van der Waals surface area (Å²) in [6.07, 6.45) is 2.64. The molecule has 0 N–H and O–H groups in total. The van der Waals surface area contributed by atoms with Crippen molar-refractivity contribution in [2.45, 2.75) is 48.5 Å². The van der Waals surface area contributed by atoms with Gasteiger partial charge in [-0.2, -0.15) is 0 Å². The predicted molar refractivity (Wildman–Crippen MR) is 62.0 cm³/mol. The van der Waals surface area contributed by atoms with Crippen LogP contribution in [0.2, 0.25) is 0 Å². The Morgan fingerprint density at radius 1 is 1.07 bits per heavy atom. The molecule has 1 rings (SSSR count). The van der Waals surface area contributed by atoms with Gasteiger partial charge in [0.25, 0.3) is 0 Å². The van der Waals surface area contributed by atoms with Gasteiger partial charge in [0.05, 0.1) is 5.76 Å². The van der Waals surface area contributed by atoms with Crippen molar-refractivity contribution in [2.24, 2.45) is 10.8 Å². The van der Waals surface area contributed by atoms with E-state index < -0.39 is 0 Å². The Bertz CT molecular complexity index is 297. The minimum Gasteiger partial charge on any atom is -0.478 e. The van der Waals surface area contributed by atoms with Crippen LogP contribution in [0.3, 0.4) is 0 Å². The van der Waals surface area contributed by atoms with Gasteiger partial charge in [0.1, 0.15) is 0 Å². The number of hydrogen-bond donors (Lipinski definition) is 0. The third kappa shape index (κ3) is 3.01. The summed E-state index contributed by atoms with van der Waals surface area (Å²) in [6, 6.07) is 0. The summed E-state index contributed by atoms with van der Waals surface area (Å²) in [5.74, 6) is 1.94. The van der Waals surface area contributed by atoms with Crippen LogP contribution < -0.4 is 0 Å². The van der Waals surface area contributed by atoms with E-state index in [-0.39, 0.29) is 10.8 Å². The highest BCUT2D eigenvalue weighted by Crippen LogP contribution is 2.33. The Hall–Kier alpha value is -0.920. The van der Waals surface area contributed by atoms with Crippen molar-refractivity contribution in [3.05, 3.63) is 18.1 Å². The van der Waals surface area contributed by atoms with E-state index >= 15 is 0 Å². The van der Waals surface area contributed by atoms with Crippen molar-refractivity contribution in [3.63, 3.8) is 0 Å². The molecule has 15 heavy (non-hydrogen) atoms. The van der Waals surface area contributed by atoms with Gasteiger partial charge in [0.2, 0.25) is 0 Å². The first-order valence-corrected chi connectivity index (χ1v) is 5.39. The van der Waals surface area contributed by atoms with Gasteiger partial charge in [0, 0.05) is 17.8 Å². The number of carbonyl (C=O) groups excluding carboxylic acids is 1. The fourth-order valence-corrected chi connectivity index (χ4v) is 1.25. The second-order valence-corrected chi connectivity index (χ2v) is 6.07. The molecule has 0 unspecified atom stereocenters. The highest BCUT2D eigenvalue weighted by atomic mass is 16.6. The molecule has 2 nitrogen and oxygen atoms in total. The number of hydrogen-bond acceptors (Lipinski definition) is 1. The minimum atomic E-state index is 0.0154. The van der Waals surface area contributed by atoms with Gasteiger partial charge >= 0.3 is 6.29 Å². The van der Waals surface area contributed by atoms with E-state index in [2.05, 4.69) is 41.5 Å². The van der Waals surface area contributed by atoms with Crippen LogP contribution in [0, 0.1) is 17.1 Å². The standard InChI is InChI=1S/C13H22O2/c1-9-14-10(12(2,3)4)8-11(15-9)13(5,6)7/h8H,1-7H3. The molecular formula is C13H22O2. The molecule has 0 radical (unpaired) electrons. The third-order valence-corrected chi connectivity index (χ3v) is 2.25. The maximum Gasteiger partial charge on any atom is 0.341 e. The summed E-state index contributed by atoms with van der Waals surface area (Å²) in [4.78, 5) is 0. The lowest BCUT2D eigenvalue weighted by Gasteiger charge is -2.30. The van der Waals surface area contributed by atoms with E-state index in [4.69, 9.17) is 9.16 Å². The normalized spacial score (nSPS) is 18.2. The van der Waals surface area contributed by atoms with Gasteiger partial charge in [0.15, 0.2) is 5.78 Å². The molecule has 0 aromatic heterocycles. The Labute approximate surface area is 93.0 Å². The lowest BCUT2D eigenvalue weighted by atomic mass is 9.86. The van der Waals surface area contributed by atoms with Gasteiger partial charge in [-0.3, -0.25) is 0 Å². The molecule has 86 valence electrons. The number of allylic oxidation sites excluding steroid dienone is 2. The smallest absolute Gasteiger partial charge is 0.341 e. The first-order chi connectivity index (χ1) is 6.60. The van der Waals surface area contributed by atoms with Gasteiger partial charge in [-0.05, 0) is 6.08 Å². The summed E-state index contributed by atoms with van der Waals surface area (Å²) in [5, 5.41) is 0. The fourth-order valence-electron chi connectivity index (χ4n) is 1.25. The maximum atomic E-state index is 5.61. The number of ether oxygens (including phenoxy) is 1. The molecule has 1 aliphatic heterocycles. The van der Waals surface area contributed by atoms with Crippen LogP contribution in [0.15, 0.2) is 11.8 Å². The van der Waals surface area contributed by atoms with Crippen LogP contribution in [0.25, 0.3) is 0 Å². The number of ketones is 1. The summed E-state index contributed by atoms with van der Waals surface area (Å²) < 4.78 is 11.2. The fraction of sp³-hybridized carbons (Fsp3) is 0.692. The van der Waals surface area contributed by atoms with Crippen molar-refractivity contribution in [1.82, 2.24) is 0 Å². The Morgan fingerprint density at radius 3 is 2.00 bits per heavy atom. The quantitative estimate of drug-likeness (QED) is 0.442. The molecule has 0 amide bonds. The van der Waals surface area contributed by atoms with Gasteiger partial charge in [-0.25, -0.2) is 0 Å². The summed E-state index contributed by atoms with van der Waals surface area (Å²) >= 11 is 0. The van der Waals surface area contributed by atoms with Gasteiger partial charge < -0.3 is 9.16 Å². The first-order valence-electron chi connectivity index (χ1n) is 5.39. The average Bonchev–Trinajstić information content (AvgIpc) is 1.99. The molecule has 0 atom stereocenters. The molecule has 0 aromatic carbocycles. The van der Waals surface area contributed by atoms with Gasteiger partial charge in [-0.15, -0.1) is 0 Å². The average molecular weight is 210 g/mol. The zero-order valence-corrected chi connectivity index (χ0v) is 10.9. The summed E-state index contributed by atoms with van der Waals surface area (Å²) in [5.41, 5.74) is 0.0308. The Morgan fingerprint density at radius 2 is 1.60 bits per heavy atom. The van der Waals surface area contributed by atoms with Crippen LogP contribution in [-0.2, 0) is 9.16 Å². The molecule has 0 bridgehead atoms. The first kappa shape index (κ1) is 12.2. The van der Waals surface area contributed by atoms with E-state index in [1.165, 1.54) is 0 Å². The zero-order valence-electron chi connectivity index (χ0n) is 10.9. The molecule has 1 aliphatic rings. The van der Waals surface area contributed by atoms with Crippen LogP contribution >= 0.6 is 0 Å². The monoisotopic (exact) mass is 210 g/mol. The molecular weight excluding hydrogens is 188 g/mol. The molecule has 0 saturated heterocycles. The molecule has 0 aliphatic carbocycles. The molecule has 0 fully saturated rings. The molecule has 0 spiro atoms. The number of rotatable bonds is 0.